The van der Waals surface area contributed by atoms with Crippen molar-refractivity contribution in [3.05, 3.63) is 70.9 Å². The van der Waals surface area contributed by atoms with Gasteiger partial charge < -0.3 is 0 Å². The molecule has 11 heteroatoms. The Balaban J connectivity index is 1.54. The lowest BCUT2D eigenvalue weighted by Crippen LogP contribution is -2.33. The summed E-state index contributed by atoms with van der Waals surface area (Å²) < 4.78 is 1.80. The molecule has 0 saturated carbocycles. The van der Waals surface area contributed by atoms with Crippen LogP contribution >= 0.6 is 0 Å². The Bertz CT molecular complexity index is 1870. The number of nitrogens with zero attached hydrogens (tertiary/aromatic N) is 8. The minimum absolute atomic E-state index is 0.111. The van der Waals surface area contributed by atoms with Crippen LogP contribution < -0.4 is 4.90 Å². The predicted molar refractivity (Wildman–Crippen MR) is 143 cm³/mol. The summed E-state index contributed by atoms with van der Waals surface area (Å²) in [6, 6.07) is 12.9. The average Bonchev–Trinajstić information content (AvgIpc) is 3.56. The highest BCUT2D eigenvalue weighted by atomic mass is 16.2. The van der Waals surface area contributed by atoms with E-state index < -0.39 is 5.41 Å². The van der Waals surface area contributed by atoms with Crippen LogP contribution in [0.4, 0.5) is 11.5 Å². The van der Waals surface area contributed by atoms with Crippen molar-refractivity contribution in [1.29, 1.82) is 5.26 Å². The summed E-state index contributed by atoms with van der Waals surface area (Å²) in [6.07, 6.45) is 1.65. The largest absolute Gasteiger partial charge is 0.294 e. The molecule has 0 unspecified atom stereocenters. The van der Waals surface area contributed by atoms with E-state index in [1.807, 2.05) is 39.0 Å². The van der Waals surface area contributed by atoms with Crippen LogP contribution in [-0.2, 0) is 10.2 Å². The summed E-state index contributed by atoms with van der Waals surface area (Å²) in [4.78, 5) is 37.0. The van der Waals surface area contributed by atoms with Gasteiger partial charge in [0, 0.05) is 11.3 Å². The molecule has 0 aliphatic carbocycles. The number of rotatable bonds is 4. The number of aryl methyl sites for hydroxylation is 2. The fourth-order valence-corrected chi connectivity index (χ4v) is 5.01. The first-order chi connectivity index (χ1) is 18.6. The lowest BCUT2D eigenvalue weighted by atomic mass is 9.86. The number of hydrogen-bond acceptors (Lipinski definition) is 8. The van der Waals surface area contributed by atoms with Crippen molar-refractivity contribution in [3.63, 3.8) is 0 Å². The molecular formula is C28H23N9O2. The summed E-state index contributed by atoms with van der Waals surface area (Å²) in [7, 11) is 0. The fraction of sp³-hybridized carbons (Fsp3) is 0.214. The zero-order valence-corrected chi connectivity index (χ0v) is 21.9. The van der Waals surface area contributed by atoms with E-state index in [0.29, 0.717) is 45.4 Å². The van der Waals surface area contributed by atoms with Crippen LogP contribution in [-0.4, -0.2) is 46.6 Å². The van der Waals surface area contributed by atoms with Gasteiger partial charge in [-0.1, -0.05) is 0 Å². The van der Waals surface area contributed by atoms with Crippen LogP contribution in [0.5, 0.6) is 0 Å². The maximum Gasteiger partial charge on any atom is 0.242 e. The van der Waals surface area contributed by atoms with Gasteiger partial charge in [0.15, 0.2) is 17.3 Å². The first kappa shape index (κ1) is 24.1. The van der Waals surface area contributed by atoms with Crippen molar-refractivity contribution < 1.29 is 9.59 Å². The van der Waals surface area contributed by atoms with Crippen LogP contribution in [0.1, 0.15) is 53.8 Å². The average molecular weight is 518 g/mol. The fourth-order valence-electron chi connectivity index (χ4n) is 5.01. The van der Waals surface area contributed by atoms with Gasteiger partial charge in [-0.3, -0.25) is 24.2 Å². The summed E-state index contributed by atoms with van der Waals surface area (Å²) in [5.41, 5.74) is 4.88. The van der Waals surface area contributed by atoms with E-state index >= 15 is 0 Å². The standard InChI is InChI=1S/C28H23N9O2/c1-14-6-8-24(35-32-14)37-21-11-19-22(10-18(21)28(4,5)27(37)39)36(13-30-19)23-9-7-17(16(3)38)26(31-23)25-15(2)33-34-20(25)12-29/h6-11,13H,1-5H3,(H,33,34). The second kappa shape index (κ2) is 8.39. The second-order valence-corrected chi connectivity index (χ2v) is 10.1. The quantitative estimate of drug-likeness (QED) is 0.348. The molecule has 0 radical (unpaired) electrons. The number of aromatic nitrogens is 7. The number of carbonyl (C=O) groups is 2. The molecule has 0 saturated heterocycles. The van der Waals surface area contributed by atoms with E-state index in [1.165, 1.54) is 6.92 Å². The Hall–Kier alpha value is -5.24. The van der Waals surface area contributed by atoms with Gasteiger partial charge in [0.05, 0.1) is 39.1 Å². The number of imidazole rings is 1. The van der Waals surface area contributed by atoms with Crippen molar-refractivity contribution in [3.8, 4) is 23.1 Å². The number of fused-ring (bicyclic) bond motifs is 2. The number of anilines is 2. The summed E-state index contributed by atoms with van der Waals surface area (Å²) in [5.74, 6) is 0.665. The molecular weight excluding hydrogens is 494 g/mol. The van der Waals surface area contributed by atoms with Crippen molar-refractivity contribution >= 4 is 34.2 Å². The maximum absolute atomic E-state index is 13.5. The Morgan fingerprint density at radius 3 is 2.54 bits per heavy atom. The molecule has 5 heterocycles. The first-order valence-corrected chi connectivity index (χ1v) is 12.3. The molecule has 0 fully saturated rings. The Kier molecular flexibility index (Phi) is 5.19. The van der Waals surface area contributed by atoms with Crippen molar-refractivity contribution in [2.45, 2.75) is 40.0 Å². The molecule has 1 aliphatic rings. The van der Waals surface area contributed by atoms with E-state index in [9.17, 15) is 14.9 Å². The summed E-state index contributed by atoms with van der Waals surface area (Å²) >= 11 is 0. The van der Waals surface area contributed by atoms with Crippen LogP contribution in [0.15, 0.2) is 42.7 Å². The molecule has 1 aliphatic heterocycles. The van der Waals surface area contributed by atoms with Gasteiger partial charge in [-0.05, 0) is 76.6 Å². The molecule has 4 aromatic heterocycles. The molecule has 0 spiro atoms. The number of carbonyl (C=O) groups excluding carboxylic acids is 2. The first-order valence-electron chi connectivity index (χ1n) is 12.3. The molecule has 6 rings (SSSR count). The van der Waals surface area contributed by atoms with Crippen molar-refractivity contribution in [2.24, 2.45) is 0 Å². The van der Waals surface area contributed by atoms with Gasteiger partial charge in [0.25, 0.3) is 0 Å². The Morgan fingerprint density at radius 2 is 1.85 bits per heavy atom. The number of benzene rings is 1. The highest BCUT2D eigenvalue weighted by molar-refractivity contribution is 6.13. The third-order valence-electron chi connectivity index (χ3n) is 7.13. The number of Topliss-reactive ketones (excluding diaryl/α,β-unsaturated/α-hetero) is 1. The molecule has 192 valence electrons. The summed E-state index contributed by atoms with van der Waals surface area (Å²) in [5, 5.41) is 24.8. The highest BCUT2D eigenvalue weighted by Crippen LogP contribution is 2.46. The molecule has 0 atom stereocenters. The van der Waals surface area contributed by atoms with Gasteiger partial charge in [-0.15, -0.1) is 5.10 Å². The lowest BCUT2D eigenvalue weighted by Gasteiger charge is -2.19. The number of pyridine rings is 1. The molecule has 0 bridgehead atoms. The third kappa shape index (κ3) is 3.53. The topological polar surface area (TPSA) is 146 Å². The highest BCUT2D eigenvalue weighted by Gasteiger charge is 2.45. The van der Waals surface area contributed by atoms with Crippen LogP contribution in [0.2, 0.25) is 0 Å². The van der Waals surface area contributed by atoms with Gasteiger partial charge in [-0.2, -0.15) is 15.5 Å². The van der Waals surface area contributed by atoms with Crippen molar-refractivity contribution in [1.82, 2.24) is 34.9 Å². The number of nitriles is 1. The molecule has 1 N–H and O–H groups in total. The summed E-state index contributed by atoms with van der Waals surface area (Å²) in [6.45, 7) is 8.84. The number of H-pyrrole nitrogens is 1. The number of amides is 1. The van der Waals surface area contributed by atoms with E-state index in [2.05, 4.69) is 31.4 Å². The predicted octanol–water partition coefficient (Wildman–Crippen LogP) is 4.25. The minimum Gasteiger partial charge on any atom is -0.294 e. The number of ketones is 1. The van der Waals surface area contributed by atoms with E-state index in [0.717, 1.165) is 16.8 Å². The zero-order chi connectivity index (χ0) is 27.6. The maximum atomic E-state index is 13.5. The monoisotopic (exact) mass is 517 g/mol. The van der Waals surface area contributed by atoms with Crippen molar-refractivity contribution in [2.75, 3.05) is 4.90 Å². The van der Waals surface area contributed by atoms with Gasteiger partial charge in [0.1, 0.15) is 18.2 Å². The zero-order valence-electron chi connectivity index (χ0n) is 21.9. The van der Waals surface area contributed by atoms with Crippen LogP contribution in [0.25, 0.3) is 28.1 Å². The number of nitrogens with one attached hydrogen (secondary N) is 1. The minimum atomic E-state index is -0.822. The van der Waals surface area contributed by atoms with E-state index in [-0.39, 0.29) is 17.4 Å². The number of hydrogen-bond donors (Lipinski definition) is 1. The smallest absolute Gasteiger partial charge is 0.242 e. The molecule has 39 heavy (non-hydrogen) atoms. The molecule has 11 nitrogen and oxygen atoms in total. The van der Waals surface area contributed by atoms with Crippen LogP contribution in [0, 0.1) is 25.2 Å². The molecule has 1 aromatic carbocycles. The SMILES string of the molecule is CC(=O)c1ccc(-n2cnc3cc4c(cc32)C(C)(C)C(=O)N4c2ccc(C)nn2)nc1-c1c(C#N)n[nH]c1C. The third-order valence-corrected chi connectivity index (χ3v) is 7.13. The number of aromatic amines is 1. The molecule has 1 amide bonds. The van der Waals surface area contributed by atoms with Gasteiger partial charge >= 0.3 is 0 Å². The van der Waals surface area contributed by atoms with Gasteiger partial charge in [0.2, 0.25) is 5.91 Å². The second-order valence-electron chi connectivity index (χ2n) is 10.1. The van der Waals surface area contributed by atoms with E-state index in [4.69, 9.17) is 4.98 Å². The Morgan fingerprint density at radius 1 is 1.08 bits per heavy atom. The van der Waals surface area contributed by atoms with Crippen LogP contribution in [0.3, 0.4) is 0 Å². The lowest BCUT2D eigenvalue weighted by molar-refractivity contribution is -0.121. The van der Waals surface area contributed by atoms with Gasteiger partial charge in [-0.25, -0.2) is 9.97 Å². The normalized spacial score (nSPS) is 14.1. The Labute approximate surface area is 223 Å². The molecule has 5 aromatic rings. The van der Waals surface area contributed by atoms with E-state index in [1.54, 1.807) is 40.9 Å².